The Morgan fingerprint density at radius 1 is 0.765 bits per heavy atom. The Labute approximate surface area is 212 Å². The van der Waals surface area contributed by atoms with Crippen molar-refractivity contribution in [1.82, 2.24) is 4.90 Å². The first-order chi connectivity index (χ1) is 16.0. The van der Waals surface area contributed by atoms with Crippen molar-refractivity contribution >= 4 is 24.1 Å². The van der Waals surface area contributed by atoms with Gasteiger partial charge in [0.15, 0.2) is 0 Å². The summed E-state index contributed by atoms with van der Waals surface area (Å²) in [5, 5.41) is 0. The third-order valence-corrected chi connectivity index (χ3v) is 6.64. The van der Waals surface area contributed by atoms with Crippen LogP contribution >= 0.6 is 12.4 Å². The van der Waals surface area contributed by atoms with E-state index in [0.29, 0.717) is 0 Å². The molecule has 3 aromatic carbocycles. The molecule has 0 aromatic heterocycles. The van der Waals surface area contributed by atoms with Crippen LogP contribution in [0.3, 0.4) is 0 Å². The van der Waals surface area contributed by atoms with Gasteiger partial charge >= 0.3 is 0 Å². The number of halogens is 1. The topological polar surface area (TPSA) is 3.24 Å². The number of hydrogen-bond acceptors (Lipinski definition) is 1. The summed E-state index contributed by atoms with van der Waals surface area (Å²) in [4.78, 5) is 2.62. The lowest BCUT2D eigenvalue weighted by Gasteiger charge is -2.30. The molecule has 4 rings (SSSR count). The van der Waals surface area contributed by atoms with Crippen molar-refractivity contribution in [2.45, 2.75) is 45.4 Å². The van der Waals surface area contributed by atoms with Crippen LogP contribution in [0, 0.1) is 0 Å². The third-order valence-electron chi connectivity index (χ3n) is 6.64. The molecule has 2 heteroatoms. The summed E-state index contributed by atoms with van der Waals surface area (Å²) in [6.45, 7) is 10.2. The maximum atomic E-state index is 2.62. The van der Waals surface area contributed by atoms with Crippen LogP contribution in [0.25, 0.3) is 11.6 Å². The van der Waals surface area contributed by atoms with Gasteiger partial charge in [-0.1, -0.05) is 123 Å². The highest BCUT2D eigenvalue weighted by Crippen LogP contribution is 2.32. The smallest absolute Gasteiger partial charge is 0.00192 e. The molecule has 1 nitrogen and oxygen atoms in total. The molecule has 34 heavy (non-hydrogen) atoms. The highest BCUT2D eigenvalue weighted by atomic mass is 35.5. The number of rotatable bonds is 6. The highest BCUT2D eigenvalue weighted by molar-refractivity contribution is 5.85. The maximum absolute atomic E-state index is 2.62. The largest absolute Gasteiger partial charge is 0.302 e. The summed E-state index contributed by atoms with van der Waals surface area (Å²) in [7, 11) is 0. The summed E-state index contributed by atoms with van der Waals surface area (Å²) in [5.74, 6) is 0. The molecule has 0 saturated carbocycles. The Hall–Kier alpha value is -2.61. The van der Waals surface area contributed by atoms with Crippen molar-refractivity contribution in [1.29, 1.82) is 0 Å². The van der Waals surface area contributed by atoms with E-state index in [2.05, 4.69) is 123 Å². The van der Waals surface area contributed by atoms with Crippen molar-refractivity contribution in [3.05, 3.63) is 119 Å². The lowest BCUT2D eigenvalue weighted by atomic mass is 9.87. The van der Waals surface area contributed by atoms with Crippen molar-refractivity contribution in [3.63, 3.8) is 0 Å². The molecule has 0 N–H and O–H groups in total. The van der Waals surface area contributed by atoms with Crippen LogP contribution in [-0.2, 0) is 5.41 Å². The van der Waals surface area contributed by atoms with Gasteiger partial charge in [-0.15, -0.1) is 12.4 Å². The van der Waals surface area contributed by atoms with E-state index in [9.17, 15) is 0 Å². The molecule has 0 amide bonds. The lowest BCUT2D eigenvalue weighted by molar-refractivity contribution is 0.262. The third kappa shape index (κ3) is 6.95. The first-order valence-corrected chi connectivity index (χ1v) is 12.3. The molecule has 1 aliphatic heterocycles. The first-order valence-electron chi connectivity index (χ1n) is 12.3. The second-order valence-corrected chi connectivity index (χ2v) is 10.1. The first kappa shape index (κ1) is 26.0. The van der Waals surface area contributed by atoms with Crippen LogP contribution < -0.4 is 0 Å². The quantitative estimate of drug-likeness (QED) is 0.348. The summed E-state index contributed by atoms with van der Waals surface area (Å²) < 4.78 is 0. The molecule has 0 unspecified atom stereocenters. The van der Waals surface area contributed by atoms with Crippen LogP contribution in [0.15, 0.2) is 96.6 Å². The van der Waals surface area contributed by atoms with Gasteiger partial charge in [-0.2, -0.15) is 0 Å². The SMILES string of the molecule is CC(C)(C)c1ccc(C=CCCN2CCC(=C(c3ccccc3)c3ccccc3)CC2)cc1.Cl. The van der Waals surface area contributed by atoms with Crippen LogP contribution in [0.2, 0.25) is 0 Å². The number of benzene rings is 3. The van der Waals surface area contributed by atoms with Gasteiger partial charge in [0, 0.05) is 19.6 Å². The summed E-state index contributed by atoms with van der Waals surface area (Å²) in [6, 6.07) is 30.8. The minimum absolute atomic E-state index is 0. The Bertz CT molecular complexity index is 1020. The molecular weight excluding hydrogens is 434 g/mol. The van der Waals surface area contributed by atoms with Crippen molar-refractivity contribution in [3.8, 4) is 0 Å². The van der Waals surface area contributed by atoms with Crippen LogP contribution in [-0.4, -0.2) is 24.5 Å². The van der Waals surface area contributed by atoms with E-state index in [0.717, 1.165) is 38.9 Å². The van der Waals surface area contributed by atoms with Crippen LogP contribution in [0.4, 0.5) is 0 Å². The Morgan fingerprint density at radius 2 is 1.29 bits per heavy atom. The minimum Gasteiger partial charge on any atom is -0.302 e. The number of piperidine rings is 1. The molecule has 0 bridgehead atoms. The maximum Gasteiger partial charge on any atom is 0.00192 e. The van der Waals surface area contributed by atoms with Gasteiger partial charge in [0.25, 0.3) is 0 Å². The molecule has 1 aliphatic rings. The molecule has 0 spiro atoms. The lowest BCUT2D eigenvalue weighted by Crippen LogP contribution is -2.31. The predicted molar refractivity (Wildman–Crippen MR) is 151 cm³/mol. The summed E-state index contributed by atoms with van der Waals surface area (Å²) in [5.41, 5.74) is 8.61. The van der Waals surface area contributed by atoms with E-state index in [1.807, 2.05) is 0 Å². The van der Waals surface area contributed by atoms with E-state index in [4.69, 9.17) is 0 Å². The van der Waals surface area contributed by atoms with Crippen LogP contribution in [0.1, 0.15) is 62.3 Å². The van der Waals surface area contributed by atoms with Crippen LogP contribution in [0.5, 0.6) is 0 Å². The molecule has 1 saturated heterocycles. The molecule has 0 aliphatic carbocycles. The molecule has 0 atom stereocenters. The Morgan fingerprint density at radius 3 is 1.79 bits per heavy atom. The molecule has 0 radical (unpaired) electrons. The van der Waals surface area contributed by atoms with Crippen molar-refractivity contribution in [2.75, 3.05) is 19.6 Å². The average molecular weight is 472 g/mol. The Kier molecular flexibility index (Phi) is 9.33. The molecule has 3 aromatic rings. The van der Waals surface area contributed by atoms with Gasteiger partial charge in [-0.05, 0) is 52.5 Å². The fourth-order valence-electron chi connectivity index (χ4n) is 4.65. The van der Waals surface area contributed by atoms with Gasteiger partial charge < -0.3 is 4.90 Å². The van der Waals surface area contributed by atoms with Gasteiger partial charge in [0.05, 0.1) is 0 Å². The number of likely N-dealkylation sites (tertiary alicyclic amines) is 1. The van der Waals surface area contributed by atoms with E-state index >= 15 is 0 Å². The van der Waals surface area contributed by atoms with Gasteiger partial charge in [0.1, 0.15) is 0 Å². The highest BCUT2D eigenvalue weighted by Gasteiger charge is 2.18. The van der Waals surface area contributed by atoms with Gasteiger partial charge in [0.2, 0.25) is 0 Å². The zero-order valence-corrected chi connectivity index (χ0v) is 21.7. The van der Waals surface area contributed by atoms with Crippen molar-refractivity contribution < 1.29 is 0 Å². The molecular formula is C32H38ClN. The zero-order valence-electron chi connectivity index (χ0n) is 20.8. The standard InChI is InChI=1S/C32H37N.ClH/c1-32(2,3)30-19-17-26(18-20-30)12-10-11-23-33-24-21-29(22-25-33)31(27-13-6-4-7-14-27)28-15-8-5-9-16-28;/h4-10,12-20H,11,21-25H2,1-3H3;1H. The van der Waals surface area contributed by atoms with Gasteiger partial charge in [-0.25, -0.2) is 0 Å². The predicted octanol–water partition coefficient (Wildman–Crippen LogP) is 8.41. The fraction of sp³-hybridized carbons (Fsp3) is 0.312. The number of hydrogen-bond donors (Lipinski definition) is 0. The second-order valence-electron chi connectivity index (χ2n) is 10.1. The minimum atomic E-state index is 0. The van der Waals surface area contributed by atoms with E-state index in [1.165, 1.54) is 27.8 Å². The van der Waals surface area contributed by atoms with E-state index < -0.39 is 0 Å². The molecule has 178 valence electrons. The monoisotopic (exact) mass is 471 g/mol. The van der Waals surface area contributed by atoms with E-state index in [1.54, 1.807) is 5.57 Å². The normalized spacial score (nSPS) is 14.7. The van der Waals surface area contributed by atoms with Gasteiger partial charge in [-0.3, -0.25) is 0 Å². The summed E-state index contributed by atoms with van der Waals surface area (Å²) >= 11 is 0. The second kappa shape index (κ2) is 12.2. The molecule has 1 heterocycles. The number of nitrogens with zero attached hydrogens (tertiary/aromatic N) is 1. The summed E-state index contributed by atoms with van der Waals surface area (Å²) in [6.07, 6.45) is 8.00. The fourth-order valence-corrected chi connectivity index (χ4v) is 4.65. The average Bonchev–Trinajstić information content (AvgIpc) is 2.84. The van der Waals surface area contributed by atoms with Crippen molar-refractivity contribution in [2.24, 2.45) is 0 Å². The van der Waals surface area contributed by atoms with E-state index in [-0.39, 0.29) is 17.8 Å². The zero-order chi connectivity index (χ0) is 23.1. The molecule has 1 fully saturated rings. The Balaban J connectivity index is 0.00000324.